The molecule has 1 aliphatic heterocycles. The molecule has 1 aromatic rings. The van der Waals surface area contributed by atoms with Crippen molar-refractivity contribution < 1.29 is 19.4 Å². The molecule has 0 aliphatic carbocycles. The van der Waals surface area contributed by atoms with Crippen molar-refractivity contribution in [1.29, 1.82) is 0 Å². The lowest BCUT2D eigenvalue weighted by atomic mass is 9.89. The molecule has 4 nitrogen and oxygen atoms in total. The Morgan fingerprint density at radius 3 is 2.81 bits per heavy atom. The number of benzene rings is 1. The zero-order valence-electron chi connectivity index (χ0n) is 12.6. The lowest BCUT2D eigenvalue weighted by Crippen LogP contribution is -2.07. The summed E-state index contributed by atoms with van der Waals surface area (Å²) in [6, 6.07) is 5.74. The molecular weight excluding hydrogens is 268 g/mol. The highest BCUT2D eigenvalue weighted by Crippen LogP contribution is 2.41. The van der Waals surface area contributed by atoms with Gasteiger partial charge in [0, 0.05) is 5.56 Å². The highest BCUT2D eigenvalue weighted by molar-refractivity contribution is 5.68. The van der Waals surface area contributed by atoms with E-state index in [-0.39, 0.29) is 19.1 Å². The SMILES string of the molecule is CCCCCCCC(CC(=O)O)c1cccc2c1OCO2. The molecule has 0 radical (unpaired) electrons. The van der Waals surface area contributed by atoms with Crippen molar-refractivity contribution in [3.05, 3.63) is 23.8 Å². The summed E-state index contributed by atoms with van der Waals surface area (Å²) in [5.74, 6) is 0.706. The van der Waals surface area contributed by atoms with Gasteiger partial charge < -0.3 is 14.6 Å². The van der Waals surface area contributed by atoms with Crippen LogP contribution in [-0.2, 0) is 4.79 Å². The van der Waals surface area contributed by atoms with E-state index in [2.05, 4.69) is 6.92 Å². The van der Waals surface area contributed by atoms with E-state index in [1.54, 1.807) is 0 Å². The Balaban J connectivity index is 2.02. The van der Waals surface area contributed by atoms with Gasteiger partial charge in [0.2, 0.25) is 6.79 Å². The van der Waals surface area contributed by atoms with E-state index in [1.807, 2.05) is 18.2 Å². The van der Waals surface area contributed by atoms with Gasteiger partial charge in [-0.1, -0.05) is 51.2 Å². The third kappa shape index (κ3) is 4.38. The first-order valence-electron chi connectivity index (χ1n) is 7.82. The van der Waals surface area contributed by atoms with Crippen LogP contribution in [0.15, 0.2) is 18.2 Å². The van der Waals surface area contributed by atoms with Gasteiger partial charge in [0.15, 0.2) is 11.5 Å². The van der Waals surface area contributed by atoms with E-state index in [4.69, 9.17) is 14.6 Å². The van der Waals surface area contributed by atoms with Crippen LogP contribution in [0.4, 0.5) is 0 Å². The summed E-state index contributed by atoms with van der Waals surface area (Å²) in [5, 5.41) is 9.16. The number of carboxylic acid groups (broad SMARTS) is 1. The van der Waals surface area contributed by atoms with Crippen molar-refractivity contribution in [3.8, 4) is 11.5 Å². The molecule has 1 aromatic carbocycles. The molecule has 116 valence electrons. The molecule has 0 aromatic heterocycles. The van der Waals surface area contributed by atoms with Crippen LogP contribution in [0.25, 0.3) is 0 Å². The number of hydrogen-bond acceptors (Lipinski definition) is 3. The average molecular weight is 292 g/mol. The summed E-state index contributed by atoms with van der Waals surface area (Å²) >= 11 is 0. The second kappa shape index (κ2) is 7.91. The molecule has 0 spiro atoms. The van der Waals surface area contributed by atoms with Crippen LogP contribution in [0.5, 0.6) is 11.5 Å². The summed E-state index contributed by atoms with van der Waals surface area (Å²) in [5.41, 5.74) is 0.975. The number of carboxylic acids is 1. The van der Waals surface area contributed by atoms with E-state index in [1.165, 1.54) is 19.3 Å². The Kier molecular flexibility index (Phi) is 5.90. The van der Waals surface area contributed by atoms with Crippen molar-refractivity contribution in [2.24, 2.45) is 0 Å². The van der Waals surface area contributed by atoms with E-state index >= 15 is 0 Å². The first kappa shape index (κ1) is 15.7. The number of carbonyl (C=O) groups is 1. The predicted octanol–water partition coefficient (Wildman–Crippen LogP) is 4.33. The van der Waals surface area contributed by atoms with Crippen molar-refractivity contribution in [1.82, 2.24) is 0 Å². The Hall–Kier alpha value is -1.71. The first-order valence-corrected chi connectivity index (χ1v) is 7.82. The fourth-order valence-electron chi connectivity index (χ4n) is 2.85. The standard InChI is InChI=1S/C17H24O4/c1-2-3-4-5-6-8-13(11-16(18)19)14-9-7-10-15-17(14)21-12-20-15/h7,9-10,13H,2-6,8,11-12H2,1H3,(H,18,19). The first-order chi connectivity index (χ1) is 10.2. The molecule has 1 N–H and O–H groups in total. The summed E-state index contributed by atoms with van der Waals surface area (Å²) in [4.78, 5) is 11.1. The zero-order chi connectivity index (χ0) is 15.1. The van der Waals surface area contributed by atoms with Crippen molar-refractivity contribution >= 4 is 5.97 Å². The Labute approximate surface area is 126 Å². The molecule has 0 amide bonds. The number of aliphatic carboxylic acids is 1. The van der Waals surface area contributed by atoms with Gasteiger partial charge in [-0.3, -0.25) is 4.79 Å². The number of unbranched alkanes of at least 4 members (excludes halogenated alkanes) is 4. The van der Waals surface area contributed by atoms with Gasteiger partial charge in [0.1, 0.15) is 0 Å². The minimum absolute atomic E-state index is 0.000719. The van der Waals surface area contributed by atoms with Crippen molar-refractivity contribution in [3.63, 3.8) is 0 Å². The maximum absolute atomic E-state index is 11.1. The van der Waals surface area contributed by atoms with Gasteiger partial charge >= 0.3 is 5.97 Å². The highest BCUT2D eigenvalue weighted by Gasteiger charge is 2.24. The molecule has 0 bridgehead atoms. The van der Waals surface area contributed by atoms with Gasteiger partial charge in [0.25, 0.3) is 0 Å². The average Bonchev–Trinajstić information content (AvgIpc) is 2.93. The van der Waals surface area contributed by atoms with Crippen LogP contribution >= 0.6 is 0 Å². The van der Waals surface area contributed by atoms with E-state index in [0.717, 1.165) is 36.3 Å². The summed E-state index contributed by atoms with van der Waals surface area (Å²) in [6.07, 6.45) is 6.95. The monoisotopic (exact) mass is 292 g/mol. The predicted molar refractivity (Wildman–Crippen MR) is 80.9 cm³/mol. The third-order valence-electron chi connectivity index (χ3n) is 3.94. The quantitative estimate of drug-likeness (QED) is 0.688. The summed E-state index contributed by atoms with van der Waals surface area (Å²) < 4.78 is 10.9. The molecular formula is C17H24O4. The van der Waals surface area contributed by atoms with Crippen LogP contribution in [0.2, 0.25) is 0 Å². The minimum Gasteiger partial charge on any atom is -0.481 e. The minimum atomic E-state index is -0.759. The second-order valence-corrected chi connectivity index (χ2v) is 5.58. The number of fused-ring (bicyclic) bond motifs is 1. The Morgan fingerprint density at radius 2 is 2.05 bits per heavy atom. The van der Waals surface area contributed by atoms with Gasteiger partial charge in [-0.05, 0) is 18.4 Å². The second-order valence-electron chi connectivity index (χ2n) is 5.58. The number of ether oxygens (including phenoxy) is 2. The lowest BCUT2D eigenvalue weighted by molar-refractivity contribution is -0.137. The maximum Gasteiger partial charge on any atom is 0.303 e. The zero-order valence-corrected chi connectivity index (χ0v) is 12.6. The maximum atomic E-state index is 11.1. The summed E-state index contributed by atoms with van der Waals surface area (Å²) in [6.45, 7) is 2.42. The van der Waals surface area contributed by atoms with E-state index in [0.29, 0.717) is 0 Å². The van der Waals surface area contributed by atoms with Crippen LogP contribution in [0.1, 0.15) is 63.4 Å². The molecule has 0 saturated heterocycles. The van der Waals surface area contributed by atoms with Crippen LogP contribution < -0.4 is 9.47 Å². The fourth-order valence-corrected chi connectivity index (χ4v) is 2.85. The molecule has 4 heteroatoms. The molecule has 2 rings (SSSR count). The van der Waals surface area contributed by atoms with Crippen LogP contribution in [0, 0.1) is 0 Å². The highest BCUT2D eigenvalue weighted by atomic mass is 16.7. The molecule has 1 atom stereocenters. The Bertz CT molecular complexity index is 470. The number of rotatable bonds is 9. The van der Waals surface area contributed by atoms with Crippen LogP contribution in [-0.4, -0.2) is 17.9 Å². The van der Waals surface area contributed by atoms with E-state index in [9.17, 15) is 4.79 Å². The molecule has 21 heavy (non-hydrogen) atoms. The van der Waals surface area contributed by atoms with Gasteiger partial charge in [0.05, 0.1) is 6.42 Å². The molecule has 0 fully saturated rings. The molecule has 1 aliphatic rings. The lowest BCUT2D eigenvalue weighted by Gasteiger charge is -2.17. The smallest absolute Gasteiger partial charge is 0.303 e. The summed E-state index contributed by atoms with van der Waals surface area (Å²) in [7, 11) is 0. The van der Waals surface area contributed by atoms with Crippen LogP contribution in [0.3, 0.4) is 0 Å². The normalized spacial score (nSPS) is 14.1. The number of hydrogen-bond donors (Lipinski definition) is 1. The van der Waals surface area contributed by atoms with Gasteiger partial charge in [-0.2, -0.15) is 0 Å². The van der Waals surface area contributed by atoms with Gasteiger partial charge in [-0.15, -0.1) is 0 Å². The molecule has 1 unspecified atom stereocenters. The van der Waals surface area contributed by atoms with Crippen molar-refractivity contribution in [2.75, 3.05) is 6.79 Å². The molecule has 1 heterocycles. The number of para-hydroxylation sites is 1. The third-order valence-corrected chi connectivity index (χ3v) is 3.94. The Morgan fingerprint density at radius 1 is 1.24 bits per heavy atom. The molecule has 0 saturated carbocycles. The van der Waals surface area contributed by atoms with Crippen molar-refractivity contribution in [2.45, 2.75) is 57.8 Å². The topological polar surface area (TPSA) is 55.8 Å². The van der Waals surface area contributed by atoms with E-state index < -0.39 is 5.97 Å². The van der Waals surface area contributed by atoms with Gasteiger partial charge in [-0.25, -0.2) is 0 Å². The fraction of sp³-hybridized carbons (Fsp3) is 0.588. The largest absolute Gasteiger partial charge is 0.481 e.